The number of rotatable bonds is 5. The van der Waals surface area contributed by atoms with Crippen LogP contribution in [0, 0.1) is 5.92 Å². The fourth-order valence-electron chi connectivity index (χ4n) is 0.752. The maximum absolute atomic E-state index is 10.6. The van der Waals surface area contributed by atoms with E-state index in [0.29, 0.717) is 0 Å². The van der Waals surface area contributed by atoms with E-state index in [1.807, 2.05) is 6.92 Å². The Kier molecular flexibility index (Phi) is 5.07. The smallest absolute Gasteiger partial charge is 0.337 e. The minimum absolute atomic E-state index is 0.0116. The predicted octanol–water partition coefficient (Wildman–Crippen LogP) is 1.85. The molecular formula is C11H15NO2. The largest absolute Gasteiger partial charge is 0.478 e. The first kappa shape index (κ1) is 12.2. The maximum atomic E-state index is 10.6. The molecular weight excluding hydrogens is 178 g/mol. The molecule has 3 heteroatoms. The van der Waals surface area contributed by atoms with Crippen LogP contribution in [-0.4, -0.2) is 11.1 Å². The molecule has 0 heterocycles. The lowest BCUT2D eigenvalue weighted by atomic mass is 10.1. The van der Waals surface area contributed by atoms with Gasteiger partial charge in [0.15, 0.2) is 0 Å². The Morgan fingerprint density at radius 1 is 1.50 bits per heavy atom. The SMILES string of the molecule is C=C/C(C(=O)O)=C(N)\C=C/C(C)C=C. The molecule has 0 amide bonds. The van der Waals surface area contributed by atoms with Gasteiger partial charge in [0.2, 0.25) is 0 Å². The number of carbonyl (C=O) groups is 1. The van der Waals surface area contributed by atoms with E-state index in [1.165, 1.54) is 6.08 Å². The molecule has 1 unspecified atom stereocenters. The zero-order valence-electron chi connectivity index (χ0n) is 8.23. The molecule has 0 radical (unpaired) electrons. The first-order chi connectivity index (χ1) is 6.52. The van der Waals surface area contributed by atoms with Crippen LogP contribution >= 0.6 is 0 Å². The van der Waals surface area contributed by atoms with E-state index in [1.54, 1.807) is 18.2 Å². The van der Waals surface area contributed by atoms with Gasteiger partial charge >= 0.3 is 5.97 Å². The third-order valence-corrected chi connectivity index (χ3v) is 1.70. The van der Waals surface area contributed by atoms with Crippen LogP contribution in [0.15, 0.2) is 48.7 Å². The van der Waals surface area contributed by atoms with Crippen molar-refractivity contribution in [3.8, 4) is 0 Å². The summed E-state index contributed by atoms with van der Waals surface area (Å²) in [6, 6.07) is 0. The van der Waals surface area contributed by atoms with Crippen molar-refractivity contribution in [3.63, 3.8) is 0 Å². The standard InChI is InChI=1S/C11H15NO2/c1-4-8(3)6-7-10(12)9(5-2)11(13)14/h4-8H,1-2,12H2,3H3,(H,13,14)/b7-6-,10-9-. The zero-order chi connectivity index (χ0) is 11.1. The van der Waals surface area contributed by atoms with E-state index in [4.69, 9.17) is 10.8 Å². The van der Waals surface area contributed by atoms with Crippen LogP contribution in [0.1, 0.15) is 6.92 Å². The number of carboxylic acids is 1. The average molecular weight is 193 g/mol. The summed E-state index contributed by atoms with van der Waals surface area (Å²) in [5.41, 5.74) is 5.75. The number of hydrogen-bond donors (Lipinski definition) is 2. The molecule has 1 atom stereocenters. The number of carboxylic acid groups (broad SMARTS) is 1. The van der Waals surface area contributed by atoms with Crippen molar-refractivity contribution in [2.45, 2.75) is 6.92 Å². The van der Waals surface area contributed by atoms with Crippen LogP contribution in [0.25, 0.3) is 0 Å². The first-order valence-electron chi connectivity index (χ1n) is 4.19. The predicted molar refractivity (Wildman–Crippen MR) is 57.5 cm³/mol. The Morgan fingerprint density at radius 2 is 2.07 bits per heavy atom. The first-order valence-corrected chi connectivity index (χ1v) is 4.19. The Bertz CT molecular complexity index is 300. The Morgan fingerprint density at radius 3 is 2.43 bits per heavy atom. The highest BCUT2D eigenvalue weighted by Crippen LogP contribution is 2.05. The van der Waals surface area contributed by atoms with Crippen molar-refractivity contribution in [3.05, 3.63) is 48.7 Å². The fourth-order valence-corrected chi connectivity index (χ4v) is 0.752. The van der Waals surface area contributed by atoms with Gasteiger partial charge < -0.3 is 10.8 Å². The highest BCUT2D eigenvalue weighted by molar-refractivity contribution is 5.91. The van der Waals surface area contributed by atoms with Gasteiger partial charge in [-0.3, -0.25) is 0 Å². The molecule has 0 bridgehead atoms. The molecule has 0 aliphatic heterocycles. The molecule has 14 heavy (non-hydrogen) atoms. The summed E-state index contributed by atoms with van der Waals surface area (Å²) in [6.45, 7) is 8.89. The van der Waals surface area contributed by atoms with Gasteiger partial charge in [-0.2, -0.15) is 0 Å². The topological polar surface area (TPSA) is 63.3 Å². The zero-order valence-corrected chi connectivity index (χ0v) is 8.23. The van der Waals surface area contributed by atoms with Crippen LogP contribution in [-0.2, 0) is 4.79 Å². The van der Waals surface area contributed by atoms with Crippen molar-refractivity contribution in [2.75, 3.05) is 0 Å². The summed E-state index contributed by atoms with van der Waals surface area (Å²) in [4.78, 5) is 10.6. The van der Waals surface area contributed by atoms with Crippen LogP contribution in [0.5, 0.6) is 0 Å². The Labute approximate surface area is 83.9 Å². The molecule has 0 aromatic rings. The van der Waals surface area contributed by atoms with Crippen molar-refractivity contribution < 1.29 is 9.90 Å². The lowest BCUT2D eigenvalue weighted by Crippen LogP contribution is -2.07. The Balaban J connectivity index is 4.81. The van der Waals surface area contributed by atoms with Gasteiger partial charge in [-0.05, 0) is 12.0 Å². The van der Waals surface area contributed by atoms with E-state index < -0.39 is 5.97 Å². The summed E-state index contributed by atoms with van der Waals surface area (Å²) in [5, 5.41) is 8.70. The van der Waals surface area contributed by atoms with E-state index in [9.17, 15) is 4.79 Å². The average Bonchev–Trinajstić information content (AvgIpc) is 2.14. The van der Waals surface area contributed by atoms with Crippen LogP contribution in [0.3, 0.4) is 0 Å². The molecule has 0 aliphatic rings. The molecule has 76 valence electrons. The molecule has 0 aromatic heterocycles. The molecule has 0 aliphatic carbocycles. The number of aliphatic carboxylic acids is 1. The van der Waals surface area contributed by atoms with Gasteiger partial charge in [0, 0.05) is 5.70 Å². The minimum atomic E-state index is -1.08. The number of allylic oxidation sites excluding steroid dienone is 3. The van der Waals surface area contributed by atoms with Gasteiger partial charge in [-0.15, -0.1) is 6.58 Å². The highest BCUT2D eigenvalue weighted by atomic mass is 16.4. The quantitative estimate of drug-likeness (QED) is 0.398. The van der Waals surface area contributed by atoms with Crippen LogP contribution < -0.4 is 5.73 Å². The lowest BCUT2D eigenvalue weighted by Gasteiger charge is -2.00. The monoisotopic (exact) mass is 193 g/mol. The molecule has 0 saturated heterocycles. The van der Waals surface area contributed by atoms with Crippen molar-refractivity contribution in [1.82, 2.24) is 0 Å². The number of nitrogens with two attached hydrogens (primary N) is 1. The van der Waals surface area contributed by atoms with Gasteiger partial charge in [-0.1, -0.05) is 31.7 Å². The third kappa shape index (κ3) is 3.76. The van der Waals surface area contributed by atoms with Gasteiger partial charge in [0.25, 0.3) is 0 Å². The van der Waals surface area contributed by atoms with Gasteiger partial charge in [-0.25, -0.2) is 4.79 Å². The molecule has 0 aromatic carbocycles. The van der Waals surface area contributed by atoms with Gasteiger partial charge in [0.05, 0.1) is 5.57 Å². The summed E-state index contributed by atoms with van der Waals surface area (Å²) >= 11 is 0. The summed E-state index contributed by atoms with van der Waals surface area (Å²) in [6.07, 6.45) is 6.28. The molecule has 0 fully saturated rings. The summed E-state index contributed by atoms with van der Waals surface area (Å²) in [7, 11) is 0. The molecule has 3 nitrogen and oxygen atoms in total. The molecule has 0 saturated carbocycles. The Hall–Kier alpha value is -1.77. The molecule has 0 spiro atoms. The fraction of sp³-hybridized carbons (Fsp3) is 0.182. The molecule has 0 rings (SSSR count). The van der Waals surface area contributed by atoms with Crippen LogP contribution in [0.4, 0.5) is 0 Å². The number of hydrogen-bond acceptors (Lipinski definition) is 2. The summed E-state index contributed by atoms with van der Waals surface area (Å²) < 4.78 is 0. The second-order valence-corrected chi connectivity index (χ2v) is 2.83. The van der Waals surface area contributed by atoms with Gasteiger partial charge in [0.1, 0.15) is 0 Å². The lowest BCUT2D eigenvalue weighted by molar-refractivity contribution is -0.132. The highest BCUT2D eigenvalue weighted by Gasteiger charge is 2.05. The minimum Gasteiger partial charge on any atom is -0.478 e. The van der Waals surface area contributed by atoms with Crippen molar-refractivity contribution in [2.24, 2.45) is 11.7 Å². The van der Waals surface area contributed by atoms with E-state index in [0.717, 1.165) is 0 Å². The normalized spacial score (nSPS) is 14.6. The van der Waals surface area contributed by atoms with Crippen LogP contribution in [0.2, 0.25) is 0 Å². The second-order valence-electron chi connectivity index (χ2n) is 2.83. The molecule has 3 N–H and O–H groups in total. The van der Waals surface area contributed by atoms with E-state index in [2.05, 4.69) is 13.2 Å². The maximum Gasteiger partial charge on any atom is 0.337 e. The van der Waals surface area contributed by atoms with Crippen molar-refractivity contribution >= 4 is 5.97 Å². The third-order valence-electron chi connectivity index (χ3n) is 1.70. The van der Waals surface area contributed by atoms with E-state index in [-0.39, 0.29) is 17.2 Å². The second kappa shape index (κ2) is 5.80. The summed E-state index contributed by atoms with van der Waals surface area (Å²) in [5.74, 6) is -0.915. The van der Waals surface area contributed by atoms with Crippen molar-refractivity contribution in [1.29, 1.82) is 0 Å². The van der Waals surface area contributed by atoms with E-state index >= 15 is 0 Å².